The number of rotatable bonds is 22. The Labute approximate surface area is 275 Å². The topological polar surface area (TPSA) is 261 Å². The number of carboxylic acid groups (broad SMARTS) is 2. The molecule has 0 aromatic heterocycles. The van der Waals surface area contributed by atoms with Gasteiger partial charge in [-0.1, -0.05) is 63.9 Å². The summed E-state index contributed by atoms with van der Waals surface area (Å²) in [4.78, 5) is 82.1. The van der Waals surface area contributed by atoms with Gasteiger partial charge in [0.05, 0.1) is 24.4 Å². The highest BCUT2D eigenvalue weighted by atomic mass is 16.4. The molecule has 1 rings (SSSR count). The number of aliphatic imine (C=N–C) groups is 1. The van der Waals surface area contributed by atoms with Gasteiger partial charge in [0, 0.05) is 20.0 Å². The predicted octanol–water partition coefficient (Wildman–Crippen LogP) is 0.388. The van der Waals surface area contributed by atoms with E-state index in [9.17, 15) is 39.0 Å². The van der Waals surface area contributed by atoms with Gasteiger partial charge in [0.1, 0.15) is 12.1 Å². The summed E-state index contributed by atoms with van der Waals surface area (Å²) in [7, 11) is 1.41. The quantitative estimate of drug-likeness (QED) is 0.0508. The summed E-state index contributed by atoms with van der Waals surface area (Å²) in [5.74, 6) is -6.93. The van der Waals surface area contributed by atoms with E-state index in [1.807, 2.05) is 6.92 Å². The number of nitrogens with one attached hydrogen (secondary N) is 2. The summed E-state index contributed by atoms with van der Waals surface area (Å²) in [6, 6.07) is 4.06. The number of hydrogen-bond acceptors (Lipinski definition) is 8. The first kappa shape index (κ1) is 40.5. The fraction of sp³-hybridized carbons (Fsp3) is 0.594. The van der Waals surface area contributed by atoms with Crippen LogP contribution in [0, 0.1) is 11.8 Å². The van der Waals surface area contributed by atoms with E-state index in [-0.39, 0.29) is 38.2 Å². The van der Waals surface area contributed by atoms with Crippen LogP contribution < -0.4 is 27.8 Å². The van der Waals surface area contributed by atoms with Gasteiger partial charge in [0.25, 0.3) is 0 Å². The lowest BCUT2D eigenvalue weighted by molar-refractivity contribution is -0.145. The van der Waals surface area contributed by atoms with Crippen LogP contribution in [0.2, 0.25) is 0 Å². The number of carbonyl (C=O) groups excluding carboxylic acids is 4. The number of benzene rings is 1. The number of nitrogens with zero attached hydrogens (tertiary/aromatic N) is 2. The van der Waals surface area contributed by atoms with Crippen LogP contribution in [0.3, 0.4) is 0 Å². The van der Waals surface area contributed by atoms with E-state index in [1.165, 1.54) is 11.9 Å². The molecule has 0 radical (unpaired) electrons. The molecule has 15 nitrogen and oxygen atoms in total. The summed E-state index contributed by atoms with van der Waals surface area (Å²) in [6.07, 6.45) is 1.04. The molecule has 0 saturated carbocycles. The van der Waals surface area contributed by atoms with E-state index >= 15 is 0 Å². The standard InChI is InChI=1S/C32H51N7O8/c1-5-6-14-24(39(4)30(45)22(33)13-10-15-36-32(34)35)29(44)37-23(18-26(41)42)28(43)38-27(19(2)3)25(40)17-21(31(46)47)16-20-11-8-7-9-12-20/h7-9,11-12,19,21-24,27H,5-6,10,13-18,33H2,1-4H3,(H,37,44)(H,38,43)(H,41,42)(H,46,47)(H4,34,35,36)/t21-,22+,23+,24+,27+/m1/s1. The molecule has 1 aromatic rings. The molecule has 10 N–H and O–H groups in total. The molecule has 0 fully saturated rings. The molecular formula is C32H51N7O8. The first-order valence-electron chi connectivity index (χ1n) is 15.8. The van der Waals surface area contributed by atoms with Gasteiger partial charge in [-0.05, 0) is 37.2 Å². The summed E-state index contributed by atoms with van der Waals surface area (Å²) in [6.45, 7) is 5.47. The van der Waals surface area contributed by atoms with Crippen molar-refractivity contribution in [2.45, 2.75) is 96.3 Å². The van der Waals surface area contributed by atoms with Crippen LogP contribution in [-0.4, -0.2) is 94.3 Å². The fourth-order valence-corrected chi connectivity index (χ4v) is 5.00. The SMILES string of the molecule is CCCC[C@@H](C(=O)N[C@@H](CC(=O)O)C(=O)N[C@H](C(=O)C[C@@H](Cc1ccccc1)C(=O)O)C(C)C)N(C)C(=O)[C@@H](N)CCCN=C(N)N. The van der Waals surface area contributed by atoms with Crippen LogP contribution in [0.15, 0.2) is 35.3 Å². The maximum Gasteiger partial charge on any atom is 0.307 e. The van der Waals surface area contributed by atoms with Crippen molar-refractivity contribution in [1.29, 1.82) is 0 Å². The van der Waals surface area contributed by atoms with Crippen molar-refractivity contribution in [3.8, 4) is 0 Å². The number of Topliss-reactive ketones (excluding diaryl/α,β-unsaturated/α-hetero) is 1. The number of aliphatic carboxylic acids is 2. The molecule has 0 spiro atoms. The van der Waals surface area contributed by atoms with Crippen molar-refractivity contribution < 1.29 is 39.0 Å². The van der Waals surface area contributed by atoms with Gasteiger partial charge in [-0.15, -0.1) is 0 Å². The molecule has 262 valence electrons. The molecule has 3 amide bonds. The number of carbonyl (C=O) groups is 6. The Balaban J connectivity index is 3.11. The lowest BCUT2D eigenvalue weighted by Gasteiger charge is -2.31. The number of hydrogen-bond donors (Lipinski definition) is 7. The van der Waals surface area contributed by atoms with Crippen LogP contribution in [0.1, 0.15) is 71.3 Å². The second-order valence-corrected chi connectivity index (χ2v) is 11.9. The van der Waals surface area contributed by atoms with E-state index < -0.39 is 77.9 Å². The molecule has 1 aromatic carbocycles. The first-order valence-corrected chi connectivity index (χ1v) is 15.8. The van der Waals surface area contributed by atoms with Gasteiger partial charge >= 0.3 is 11.9 Å². The van der Waals surface area contributed by atoms with Gasteiger partial charge in [-0.2, -0.15) is 0 Å². The Hall–Kier alpha value is -4.53. The monoisotopic (exact) mass is 661 g/mol. The van der Waals surface area contributed by atoms with Crippen LogP contribution in [0.5, 0.6) is 0 Å². The molecule has 0 heterocycles. The molecule has 0 aliphatic rings. The Morgan fingerprint density at radius 2 is 1.55 bits per heavy atom. The van der Waals surface area contributed by atoms with E-state index in [0.29, 0.717) is 19.3 Å². The zero-order chi connectivity index (χ0) is 35.7. The number of unbranched alkanes of at least 4 members (excludes halogenated alkanes) is 1. The number of likely N-dealkylation sites (N-methyl/N-ethyl adjacent to an activating group) is 1. The van der Waals surface area contributed by atoms with Crippen LogP contribution >= 0.6 is 0 Å². The summed E-state index contributed by atoms with van der Waals surface area (Å²) >= 11 is 0. The molecule has 47 heavy (non-hydrogen) atoms. The van der Waals surface area contributed by atoms with E-state index in [4.69, 9.17) is 17.2 Å². The molecule has 15 heteroatoms. The molecule has 0 aliphatic carbocycles. The van der Waals surface area contributed by atoms with Gasteiger partial charge < -0.3 is 42.9 Å². The molecule has 5 atom stereocenters. The smallest absolute Gasteiger partial charge is 0.307 e. The average Bonchev–Trinajstić information content (AvgIpc) is 3.00. The normalized spacial score (nSPS) is 14.2. The maximum absolute atomic E-state index is 13.5. The van der Waals surface area contributed by atoms with Gasteiger partial charge in [-0.25, -0.2) is 0 Å². The van der Waals surface area contributed by atoms with Gasteiger partial charge in [-0.3, -0.25) is 33.8 Å². The molecule has 0 aliphatic heterocycles. The second-order valence-electron chi connectivity index (χ2n) is 11.9. The van der Waals surface area contributed by atoms with E-state index in [2.05, 4.69) is 15.6 Å². The lowest BCUT2D eigenvalue weighted by atomic mass is 9.89. The minimum Gasteiger partial charge on any atom is -0.481 e. The van der Waals surface area contributed by atoms with Crippen molar-refractivity contribution in [2.75, 3.05) is 13.6 Å². The zero-order valence-electron chi connectivity index (χ0n) is 27.7. The Bertz CT molecular complexity index is 1240. The van der Waals surface area contributed by atoms with Crippen molar-refractivity contribution >= 4 is 41.4 Å². The highest BCUT2D eigenvalue weighted by Crippen LogP contribution is 2.17. The maximum atomic E-state index is 13.5. The van der Waals surface area contributed by atoms with Crippen LogP contribution in [-0.2, 0) is 35.2 Å². The first-order chi connectivity index (χ1) is 22.1. The number of ketones is 1. The minimum absolute atomic E-state index is 0.0881. The number of nitrogens with two attached hydrogens (primary N) is 3. The summed E-state index contributed by atoms with van der Waals surface area (Å²) in [5, 5.41) is 24.3. The lowest BCUT2D eigenvalue weighted by Crippen LogP contribution is -2.58. The zero-order valence-corrected chi connectivity index (χ0v) is 27.7. The van der Waals surface area contributed by atoms with Gasteiger partial charge in [0.15, 0.2) is 11.7 Å². The van der Waals surface area contributed by atoms with Crippen molar-refractivity contribution in [3.63, 3.8) is 0 Å². The molecule has 0 bridgehead atoms. The third-order valence-corrected chi connectivity index (χ3v) is 7.68. The average molecular weight is 662 g/mol. The molecule has 0 saturated heterocycles. The third kappa shape index (κ3) is 14.6. The van der Waals surface area contributed by atoms with Crippen molar-refractivity contribution in [3.05, 3.63) is 35.9 Å². The van der Waals surface area contributed by atoms with Crippen LogP contribution in [0.4, 0.5) is 0 Å². The minimum atomic E-state index is -1.59. The number of guanidine groups is 1. The highest BCUT2D eigenvalue weighted by molar-refractivity contribution is 5.97. The number of carboxylic acids is 2. The molecular weight excluding hydrogens is 610 g/mol. The summed E-state index contributed by atoms with van der Waals surface area (Å²) < 4.78 is 0. The van der Waals surface area contributed by atoms with Gasteiger partial charge in [0.2, 0.25) is 17.7 Å². The largest absolute Gasteiger partial charge is 0.481 e. The highest BCUT2D eigenvalue weighted by Gasteiger charge is 2.35. The van der Waals surface area contributed by atoms with E-state index in [1.54, 1.807) is 44.2 Å². The Morgan fingerprint density at radius 1 is 0.915 bits per heavy atom. The second kappa shape index (κ2) is 20.6. The predicted molar refractivity (Wildman–Crippen MR) is 176 cm³/mol. The third-order valence-electron chi connectivity index (χ3n) is 7.68. The molecule has 0 unspecified atom stereocenters. The van der Waals surface area contributed by atoms with Crippen LogP contribution in [0.25, 0.3) is 0 Å². The fourth-order valence-electron chi connectivity index (χ4n) is 5.00. The number of amides is 3. The van der Waals surface area contributed by atoms with Crippen molar-refractivity contribution in [1.82, 2.24) is 15.5 Å². The Kier molecular flexibility index (Phi) is 17.7. The van der Waals surface area contributed by atoms with Crippen molar-refractivity contribution in [2.24, 2.45) is 34.0 Å². The Morgan fingerprint density at radius 3 is 2.09 bits per heavy atom. The summed E-state index contributed by atoms with van der Waals surface area (Å²) in [5.41, 5.74) is 17.4. The van der Waals surface area contributed by atoms with E-state index in [0.717, 1.165) is 5.56 Å².